The number of ether oxygens (including phenoxy) is 1. The van der Waals surface area contributed by atoms with Crippen molar-refractivity contribution in [1.29, 1.82) is 0 Å². The number of alkyl halides is 2. The molecule has 0 aliphatic heterocycles. The van der Waals surface area contributed by atoms with Crippen LogP contribution in [-0.2, 0) is 6.11 Å². The molecule has 198 valence electrons. The van der Waals surface area contributed by atoms with E-state index >= 15 is 0 Å². The lowest BCUT2D eigenvalue weighted by Gasteiger charge is -2.34. The molecule has 2 aliphatic rings. The molecule has 0 radical (unpaired) electrons. The zero-order valence-corrected chi connectivity index (χ0v) is 20.2. The van der Waals surface area contributed by atoms with Gasteiger partial charge in [0.1, 0.15) is 22.9 Å². The van der Waals surface area contributed by atoms with Crippen molar-refractivity contribution in [3.8, 4) is 5.75 Å². The van der Waals surface area contributed by atoms with Crippen molar-refractivity contribution in [1.82, 2.24) is 0 Å². The summed E-state index contributed by atoms with van der Waals surface area (Å²) in [6.45, 7) is 2.24. The van der Waals surface area contributed by atoms with Gasteiger partial charge in [-0.1, -0.05) is 39.0 Å². The second kappa shape index (κ2) is 11.0. The lowest BCUT2D eigenvalue weighted by atomic mass is 9.72. The number of benzene rings is 2. The van der Waals surface area contributed by atoms with Gasteiger partial charge in [-0.05, 0) is 73.5 Å². The van der Waals surface area contributed by atoms with Crippen LogP contribution in [0.1, 0.15) is 88.2 Å². The average molecular weight is 517 g/mol. The normalized spacial score (nSPS) is 25.4. The van der Waals surface area contributed by atoms with Crippen LogP contribution in [0, 0.1) is 46.8 Å². The summed E-state index contributed by atoms with van der Waals surface area (Å²) in [6.07, 6.45) is 6.23. The number of hydrogen-bond acceptors (Lipinski definition) is 1. The summed E-state index contributed by atoms with van der Waals surface area (Å²) in [5.41, 5.74) is -1.34. The minimum absolute atomic E-state index is 0.136. The van der Waals surface area contributed by atoms with Gasteiger partial charge in [0.05, 0.1) is 0 Å². The summed E-state index contributed by atoms with van der Waals surface area (Å²) in [5.74, 6) is -7.57. The van der Waals surface area contributed by atoms with E-state index in [1.165, 1.54) is 38.5 Å². The molecule has 8 heteroatoms. The van der Waals surface area contributed by atoms with Gasteiger partial charge in [0, 0.05) is 12.1 Å². The molecule has 2 aromatic rings. The summed E-state index contributed by atoms with van der Waals surface area (Å²) in [4.78, 5) is 0. The maximum atomic E-state index is 14.8. The summed E-state index contributed by atoms with van der Waals surface area (Å²) in [6, 6.07) is 2.16. The number of hydrogen-bond donors (Lipinski definition) is 0. The van der Waals surface area contributed by atoms with Gasteiger partial charge in [-0.25, -0.2) is 22.0 Å². The summed E-state index contributed by atoms with van der Waals surface area (Å²) in [7, 11) is 0. The minimum atomic E-state index is -4.57. The van der Waals surface area contributed by atoms with Gasteiger partial charge in [-0.15, -0.1) is 0 Å². The second-order valence-electron chi connectivity index (χ2n) is 10.3. The number of rotatable bonds is 6. The molecule has 0 spiro atoms. The van der Waals surface area contributed by atoms with Gasteiger partial charge >= 0.3 is 6.11 Å². The van der Waals surface area contributed by atoms with Crippen molar-refractivity contribution < 1.29 is 35.5 Å². The zero-order valence-electron chi connectivity index (χ0n) is 20.2. The maximum Gasteiger partial charge on any atom is 0.432 e. The lowest BCUT2D eigenvalue weighted by Crippen LogP contribution is -2.26. The minimum Gasteiger partial charge on any atom is -0.429 e. The maximum absolute atomic E-state index is 14.8. The van der Waals surface area contributed by atoms with Crippen LogP contribution in [0.15, 0.2) is 24.3 Å². The van der Waals surface area contributed by atoms with Gasteiger partial charge in [0.2, 0.25) is 0 Å². The van der Waals surface area contributed by atoms with E-state index in [0.717, 1.165) is 43.7 Å². The Morgan fingerprint density at radius 3 is 1.86 bits per heavy atom. The molecule has 1 nitrogen and oxygen atoms in total. The van der Waals surface area contributed by atoms with Gasteiger partial charge in [-0.2, -0.15) is 8.78 Å². The van der Waals surface area contributed by atoms with Crippen LogP contribution in [0.3, 0.4) is 0 Å². The van der Waals surface area contributed by atoms with Crippen LogP contribution in [0.2, 0.25) is 0 Å². The van der Waals surface area contributed by atoms with Crippen LogP contribution >= 0.6 is 0 Å². The van der Waals surface area contributed by atoms with Crippen LogP contribution in [-0.4, -0.2) is 0 Å². The van der Waals surface area contributed by atoms with E-state index in [-0.39, 0.29) is 18.1 Å². The fraction of sp³-hybridized carbons (Fsp3) is 0.571. The summed E-state index contributed by atoms with van der Waals surface area (Å²) < 4.78 is 103. The van der Waals surface area contributed by atoms with E-state index in [9.17, 15) is 30.7 Å². The predicted molar refractivity (Wildman–Crippen MR) is 122 cm³/mol. The molecule has 0 heterocycles. The quantitative estimate of drug-likeness (QED) is 0.211. The van der Waals surface area contributed by atoms with Crippen LogP contribution in [0.25, 0.3) is 0 Å². The van der Waals surface area contributed by atoms with Crippen molar-refractivity contribution in [2.75, 3.05) is 0 Å². The largest absolute Gasteiger partial charge is 0.432 e. The first-order valence-electron chi connectivity index (χ1n) is 12.8. The zero-order chi connectivity index (χ0) is 26.0. The van der Waals surface area contributed by atoms with Crippen molar-refractivity contribution in [2.24, 2.45) is 17.8 Å². The van der Waals surface area contributed by atoms with E-state index in [0.29, 0.717) is 17.4 Å². The van der Waals surface area contributed by atoms with Crippen molar-refractivity contribution in [3.63, 3.8) is 0 Å². The van der Waals surface area contributed by atoms with E-state index in [2.05, 4.69) is 11.7 Å². The third-order valence-electron chi connectivity index (χ3n) is 8.18. The average Bonchev–Trinajstić information content (AvgIpc) is 3.07. The molecule has 2 atom stereocenters. The molecule has 2 aromatic carbocycles. The Bertz CT molecular complexity index is 1020. The van der Waals surface area contributed by atoms with Crippen molar-refractivity contribution >= 4 is 0 Å². The third kappa shape index (κ3) is 5.83. The number of halogens is 7. The van der Waals surface area contributed by atoms with Crippen LogP contribution in [0.5, 0.6) is 5.75 Å². The molecule has 0 amide bonds. The Labute approximate surface area is 207 Å². The molecule has 2 saturated carbocycles. The molecular weight excluding hydrogens is 485 g/mol. The standard InChI is InChI=1S/C28H31F7O/c1-2-16-4-3-5-17(7-6-16)18-8-10-19(11-9-18)20-12-22(29)26(23(30)13-20)28(34,35)36-21-14-24(31)27(33)25(32)15-21/h12-19H,2-11H2,1H3. The molecular formula is C28H31F7O. The van der Waals surface area contributed by atoms with Crippen molar-refractivity contribution in [3.05, 3.63) is 64.5 Å². The topological polar surface area (TPSA) is 9.23 Å². The molecule has 0 N–H and O–H groups in total. The fourth-order valence-electron chi connectivity index (χ4n) is 6.11. The highest BCUT2D eigenvalue weighted by Gasteiger charge is 2.42. The molecule has 0 aromatic heterocycles. The molecule has 2 fully saturated rings. The van der Waals surface area contributed by atoms with Crippen LogP contribution < -0.4 is 4.74 Å². The first kappa shape index (κ1) is 26.8. The van der Waals surface area contributed by atoms with Gasteiger partial charge in [0.15, 0.2) is 17.5 Å². The highest BCUT2D eigenvalue weighted by atomic mass is 19.3. The second-order valence-corrected chi connectivity index (χ2v) is 10.3. The molecule has 2 aliphatic carbocycles. The van der Waals surface area contributed by atoms with E-state index in [1.54, 1.807) is 0 Å². The molecule has 0 bridgehead atoms. The Morgan fingerprint density at radius 2 is 1.28 bits per heavy atom. The fourth-order valence-corrected chi connectivity index (χ4v) is 6.11. The molecule has 0 saturated heterocycles. The smallest absolute Gasteiger partial charge is 0.429 e. The monoisotopic (exact) mass is 516 g/mol. The lowest BCUT2D eigenvalue weighted by molar-refractivity contribution is -0.189. The Morgan fingerprint density at radius 1 is 0.722 bits per heavy atom. The first-order chi connectivity index (χ1) is 17.1. The SMILES string of the molecule is CCC1CCCC(C2CCC(c3cc(F)c(C(F)(F)Oc4cc(F)c(F)c(F)c4)c(F)c3)CC2)CC1. The summed E-state index contributed by atoms with van der Waals surface area (Å²) >= 11 is 0. The van der Waals surface area contributed by atoms with Crippen LogP contribution in [0.4, 0.5) is 30.7 Å². The van der Waals surface area contributed by atoms with E-state index < -0.39 is 46.5 Å². The third-order valence-corrected chi connectivity index (χ3v) is 8.18. The van der Waals surface area contributed by atoms with Gasteiger partial charge in [-0.3, -0.25) is 0 Å². The van der Waals surface area contributed by atoms with Crippen molar-refractivity contribution in [2.45, 2.75) is 83.2 Å². The summed E-state index contributed by atoms with van der Waals surface area (Å²) in [5, 5.41) is 0. The molecule has 36 heavy (non-hydrogen) atoms. The predicted octanol–water partition coefficient (Wildman–Crippen LogP) is 9.39. The molecule has 2 unspecified atom stereocenters. The van der Waals surface area contributed by atoms with Gasteiger partial charge < -0.3 is 4.74 Å². The first-order valence-corrected chi connectivity index (χ1v) is 12.8. The highest BCUT2D eigenvalue weighted by molar-refractivity contribution is 5.33. The Hall–Kier alpha value is -2.25. The Kier molecular flexibility index (Phi) is 8.20. The van der Waals surface area contributed by atoms with E-state index in [1.807, 2.05) is 0 Å². The van der Waals surface area contributed by atoms with Gasteiger partial charge in [0.25, 0.3) is 0 Å². The van der Waals surface area contributed by atoms with E-state index in [4.69, 9.17) is 0 Å². The molecule has 4 rings (SSSR count). The Balaban J connectivity index is 1.44. The highest BCUT2D eigenvalue weighted by Crippen LogP contribution is 2.44.